The van der Waals surface area contributed by atoms with Crippen molar-refractivity contribution >= 4 is 35.1 Å². The first-order valence-electron chi connectivity index (χ1n) is 10.5. The number of quaternary nitrogens is 2. The van der Waals surface area contributed by atoms with Gasteiger partial charge in [-0.3, -0.25) is 8.97 Å². The van der Waals surface area contributed by atoms with Gasteiger partial charge < -0.3 is 20.4 Å². The van der Waals surface area contributed by atoms with Crippen LogP contribution in [0.1, 0.15) is 20.7 Å². The molecule has 2 saturated heterocycles. The molecule has 2 bridgehead atoms. The van der Waals surface area contributed by atoms with Crippen molar-refractivity contribution < 1.29 is 39.0 Å². The van der Waals surface area contributed by atoms with Crippen LogP contribution >= 0.6 is 23.2 Å². The average molecular weight is 499 g/mol. The molecule has 10 heteroatoms. The lowest BCUT2D eigenvalue weighted by Crippen LogP contribution is -2.48. The molecule has 0 unspecified atom stereocenters. The average Bonchev–Trinajstić information content (AvgIpc) is 3.31. The standard InChI is InChI=1S/C9H18Cl2N2.2C7H6O3/c10-1-3-12-5-7-13(9-12,4-2-11)8-6-12;2*8-6-4-2-1-3-5(6)7(9)10/h1-9H2;2*1-4,8H,(H,9,10)/q+2;;/p-2. The van der Waals surface area contributed by atoms with Crippen LogP contribution in [-0.4, -0.2) is 88.8 Å². The summed E-state index contributed by atoms with van der Waals surface area (Å²) in [6.07, 6.45) is 0. The van der Waals surface area contributed by atoms with Gasteiger partial charge >= 0.3 is 11.9 Å². The Morgan fingerprint density at radius 2 is 1.06 bits per heavy atom. The molecule has 0 aromatic heterocycles. The molecule has 0 aliphatic carbocycles. The predicted molar refractivity (Wildman–Crippen MR) is 122 cm³/mol. The minimum Gasteiger partial charge on any atom is -0.872 e. The maximum atomic E-state index is 10.7. The first-order chi connectivity index (χ1) is 15.7. The fraction of sp³-hybridized carbons (Fsp3) is 0.391. The van der Waals surface area contributed by atoms with Crippen LogP contribution in [0.15, 0.2) is 48.5 Å². The molecule has 2 aromatic carbocycles. The molecule has 2 N–H and O–H groups in total. The summed E-state index contributed by atoms with van der Waals surface area (Å²) < 4.78 is 2.53. The Hall–Kier alpha value is -2.52. The van der Waals surface area contributed by atoms with Crippen LogP contribution in [0.5, 0.6) is 11.5 Å². The van der Waals surface area contributed by atoms with Gasteiger partial charge in [0.15, 0.2) is 0 Å². The van der Waals surface area contributed by atoms with Gasteiger partial charge in [-0.05, 0) is 12.1 Å². The van der Waals surface area contributed by atoms with E-state index in [2.05, 4.69) is 0 Å². The summed E-state index contributed by atoms with van der Waals surface area (Å²) >= 11 is 11.7. The van der Waals surface area contributed by atoms with Crippen molar-refractivity contribution in [1.82, 2.24) is 0 Å². The summed E-state index contributed by atoms with van der Waals surface area (Å²) in [6.45, 7) is 8.90. The zero-order valence-corrected chi connectivity index (χ0v) is 19.7. The van der Waals surface area contributed by atoms with E-state index in [1.807, 2.05) is 0 Å². The molecule has 2 heterocycles. The second-order valence-corrected chi connectivity index (χ2v) is 8.90. The number of rotatable bonds is 6. The molecule has 2 fully saturated rings. The van der Waals surface area contributed by atoms with Crippen LogP contribution in [0.3, 0.4) is 0 Å². The molecule has 0 spiro atoms. The molecule has 0 atom stereocenters. The second-order valence-electron chi connectivity index (χ2n) is 8.15. The van der Waals surface area contributed by atoms with Crippen molar-refractivity contribution in [2.45, 2.75) is 0 Å². The number of alkyl halides is 2. The lowest BCUT2D eigenvalue weighted by Gasteiger charge is -2.26. The third kappa shape index (κ3) is 7.23. The molecule has 180 valence electrons. The maximum Gasteiger partial charge on any atom is 0.335 e. The molecule has 8 nitrogen and oxygen atoms in total. The van der Waals surface area contributed by atoms with Crippen molar-refractivity contribution in [3.05, 3.63) is 59.7 Å². The number of hydrogen-bond acceptors (Lipinski definition) is 4. The molecule has 33 heavy (non-hydrogen) atoms. The topological polar surface area (TPSA) is 121 Å². The highest BCUT2D eigenvalue weighted by molar-refractivity contribution is 6.18. The van der Waals surface area contributed by atoms with Crippen molar-refractivity contribution in [2.24, 2.45) is 0 Å². The summed E-state index contributed by atoms with van der Waals surface area (Å²) in [5.74, 6) is -1.64. The Bertz CT molecular complexity index is 873. The summed E-state index contributed by atoms with van der Waals surface area (Å²) in [4.78, 5) is 20.4. The van der Waals surface area contributed by atoms with Crippen molar-refractivity contribution in [2.75, 3.05) is 57.7 Å². The molecule has 4 rings (SSSR count). The van der Waals surface area contributed by atoms with Crippen LogP contribution in [0.4, 0.5) is 0 Å². The number of carboxylic acid groups (broad SMARTS) is 2. The number of para-hydroxylation sites is 2. The molecule has 0 saturated carbocycles. The highest BCUT2D eigenvalue weighted by Crippen LogP contribution is 2.31. The second kappa shape index (κ2) is 12.1. The van der Waals surface area contributed by atoms with E-state index in [0.29, 0.717) is 0 Å². The maximum absolute atomic E-state index is 10.7. The molecule has 0 radical (unpaired) electrons. The third-order valence-corrected chi connectivity index (χ3v) is 6.39. The Balaban J connectivity index is 0.000000178. The van der Waals surface area contributed by atoms with E-state index < -0.39 is 23.4 Å². The summed E-state index contributed by atoms with van der Waals surface area (Å²) in [7, 11) is 0. The number of aromatic carboxylic acids is 2. The Morgan fingerprint density at radius 3 is 1.30 bits per heavy atom. The van der Waals surface area contributed by atoms with E-state index in [9.17, 15) is 19.8 Å². The van der Waals surface area contributed by atoms with E-state index in [1.165, 1.54) is 90.3 Å². The molecule has 0 amide bonds. The highest BCUT2D eigenvalue weighted by atomic mass is 35.5. The van der Waals surface area contributed by atoms with E-state index in [4.69, 9.17) is 33.4 Å². The van der Waals surface area contributed by atoms with Crippen LogP contribution in [-0.2, 0) is 0 Å². The van der Waals surface area contributed by atoms with E-state index in [1.54, 1.807) is 0 Å². The summed E-state index contributed by atoms with van der Waals surface area (Å²) in [6, 6.07) is 11.1. The highest BCUT2D eigenvalue weighted by Gasteiger charge is 2.54. The van der Waals surface area contributed by atoms with Gasteiger partial charge in [0.1, 0.15) is 26.2 Å². The lowest BCUT2D eigenvalue weighted by molar-refractivity contribution is -0.985. The lowest BCUT2D eigenvalue weighted by atomic mass is 10.2. The number of fused-ring (bicyclic) bond motifs is 2. The first kappa shape index (κ1) is 26.7. The largest absolute Gasteiger partial charge is 0.872 e. The fourth-order valence-electron chi connectivity index (χ4n) is 4.23. The number of carbonyl (C=O) groups is 2. The molecular formula is C23H28Cl2N2O6. The van der Waals surface area contributed by atoms with Gasteiger partial charge in [0, 0.05) is 0 Å². The Labute approximate surface area is 203 Å². The normalized spacial score (nSPS) is 22.5. The van der Waals surface area contributed by atoms with Crippen molar-refractivity contribution in [3.63, 3.8) is 0 Å². The monoisotopic (exact) mass is 498 g/mol. The number of carboxylic acids is 2. The van der Waals surface area contributed by atoms with Crippen LogP contribution in [0.2, 0.25) is 0 Å². The SMILES string of the molecule is ClCC[N+]12CC[N+](CCCl)(CC1)C2.O=C(O)c1ccccc1[O-].O=C(O)c1ccccc1[O-]. The molecule has 2 aliphatic rings. The van der Waals surface area contributed by atoms with Gasteiger partial charge in [0.2, 0.25) is 6.67 Å². The third-order valence-electron chi connectivity index (χ3n) is 6.05. The van der Waals surface area contributed by atoms with Crippen LogP contribution in [0.25, 0.3) is 0 Å². The van der Waals surface area contributed by atoms with Crippen molar-refractivity contribution in [3.8, 4) is 11.5 Å². The Morgan fingerprint density at radius 1 is 0.727 bits per heavy atom. The molecule has 2 aliphatic heterocycles. The zero-order valence-electron chi connectivity index (χ0n) is 18.2. The van der Waals surface area contributed by atoms with E-state index in [-0.39, 0.29) is 11.1 Å². The molecular weight excluding hydrogens is 471 g/mol. The van der Waals surface area contributed by atoms with Gasteiger partial charge in [0.25, 0.3) is 0 Å². The Kier molecular flexibility index (Phi) is 9.79. The first-order valence-corrected chi connectivity index (χ1v) is 11.6. The minimum atomic E-state index is -1.18. The summed E-state index contributed by atoms with van der Waals surface area (Å²) in [5.41, 5.74) is -0.356. The van der Waals surface area contributed by atoms with Crippen LogP contribution < -0.4 is 10.2 Å². The summed E-state index contributed by atoms with van der Waals surface area (Å²) in [5, 5.41) is 38.1. The number of nitrogens with zero attached hydrogens (tertiary/aromatic N) is 2. The van der Waals surface area contributed by atoms with E-state index in [0.717, 1.165) is 24.8 Å². The quantitative estimate of drug-likeness (QED) is 0.464. The zero-order chi connectivity index (χ0) is 24.5. The van der Waals surface area contributed by atoms with Crippen LogP contribution in [0, 0.1) is 0 Å². The van der Waals surface area contributed by atoms with E-state index >= 15 is 0 Å². The van der Waals surface area contributed by atoms with Gasteiger partial charge in [-0.15, -0.1) is 23.2 Å². The van der Waals surface area contributed by atoms with Gasteiger partial charge in [-0.25, -0.2) is 9.59 Å². The number of hydrogen-bond donors (Lipinski definition) is 2. The van der Waals surface area contributed by atoms with Gasteiger partial charge in [-0.2, -0.15) is 0 Å². The number of piperazine rings is 1. The number of benzene rings is 2. The van der Waals surface area contributed by atoms with Gasteiger partial charge in [0.05, 0.1) is 36.0 Å². The van der Waals surface area contributed by atoms with Gasteiger partial charge in [-0.1, -0.05) is 47.9 Å². The molecule has 2 aromatic rings. The predicted octanol–water partition coefficient (Wildman–Crippen LogP) is 2.00. The fourth-order valence-corrected chi connectivity index (χ4v) is 4.94. The number of halogens is 2. The smallest absolute Gasteiger partial charge is 0.335 e. The van der Waals surface area contributed by atoms with Crippen molar-refractivity contribution in [1.29, 1.82) is 0 Å². The minimum absolute atomic E-state index is 0.178.